The fourth-order valence-electron chi connectivity index (χ4n) is 2.97. The van der Waals surface area contributed by atoms with E-state index in [1.165, 1.54) is 17.7 Å². The number of nitrogens with zero attached hydrogens (tertiary/aromatic N) is 1. The summed E-state index contributed by atoms with van der Waals surface area (Å²) in [6.45, 7) is 1.95. The van der Waals surface area contributed by atoms with E-state index in [0.29, 0.717) is 12.0 Å². The fourth-order valence-corrected chi connectivity index (χ4v) is 3.14. The summed E-state index contributed by atoms with van der Waals surface area (Å²) in [6.07, 6.45) is 2.38. The molecule has 80 valence electrons. The molecule has 3 heteroatoms. The Kier molecular flexibility index (Phi) is 2.15. The van der Waals surface area contributed by atoms with Crippen LogP contribution in [0.25, 0.3) is 0 Å². The van der Waals surface area contributed by atoms with Crippen LogP contribution in [0.5, 0.6) is 0 Å². The molecule has 2 unspecified atom stereocenters. The summed E-state index contributed by atoms with van der Waals surface area (Å²) in [4.78, 5) is 2.48. The second kappa shape index (κ2) is 3.39. The number of hydrogen-bond donors (Lipinski definition) is 1. The topological polar surface area (TPSA) is 29.3 Å². The van der Waals surface area contributed by atoms with Crippen LogP contribution in [0.4, 0.5) is 5.69 Å². The molecule has 1 aromatic rings. The number of nitrogens with two attached hydrogens (primary N) is 1. The van der Waals surface area contributed by atoms with Gasteiger partial charge in [-0.15, -0.1) is 0 Å². The average molecular weight is 223 g/mol. The second-order valence-corrected chi connectivity index (χ2v) is 4.96. The summed E-state index contributed by atoms with van der Waals surface area (Å²) in [7, 11) is 0. The SMILES string of the molecule is NCC1CCN2c3cc(Cl)ccc3CC12. The summed E-state index contributed by atoms with van der Waals surface area (Å²) in [6, 6.07) is 6.86. The van der Waals surface area contributed by atoms with E-state index in [4.69, 9.17) is 17.3 Å². The van der Waals surface area contributed by atoms with E-state index >= 15 is 0 Å². The Morgan fingerprint density at radius 2 is 2.33 bits per heavy atom. The van der Waals surface area contributed by atoms with Crippen LogP contribution in [0.3, 0.4) is 0 Å². The van der Waals surface area contributed by atoms with Gasteiger partial charge in [-0.1, -0.05) is 17.7 Å². The molecule has 2 aliphatic heterocycles. The zero-order valence-electron chi connectivity index (χ0n) is 8.62. The van der Waals surface area contributed by atoms with Crippen molar-refractivity contribution < 1.29 is 0 Å². The lowest BCUT2D eigenvalue weighted by Gasteiger charge is -2.21. The minimum absolute atomic E-state index is 0.628. The van der Waals surface area contributed by atoms with E-state index < -0.39 is 0 Å². The van der Waals surface area contributed by atoms with Gasteiger partial charge in [0.1, 0.15) is 0 Å². The van der Waals surface area contributed by atoms with Gasteiger partial charge in [-0.25, -0.2) is 0 Å². The van der Waals surface area contributed by atoms with Crippen LogP contribution in [-0.4, -0.2) is 19.1 Å². The Morgan fingerprint density at radius 1 is 1.47 bits per heavy atom. The largest absolute Gasteiger partial charge is 0.368 e. The molecular weight excluding hydrogens is 208 g/mol. The first kappa shape index (κ1) is 9.49. The number of benzene rings is 1. The van der Waals surface area contributed by atoms with Crippen molar-refractivity contribution >= 4 is 17.3 Å². The van der Waals surface area contributed by atoms with Gasteiger partial charge >= 0.3 is 0 Å². The van der Waals surface area contributed by atoms with Gasteiger partial charge in [0.15, 0.2) is 0 Å². The zero-order valence-corrected chi connectivity index (χ0v) is 9.37. The molecular formula is C12H15ClN2. The molecule has 1 saturated heterocycles. The third-order valence-electron chi connectivity index (χ3n) is 3.77. The maximum absolute atomic E-state index is 6.03. The van der Waals surface area contributed by atoms with Crippen molar-refractivity contribution in [3.05, 3.63) is 28.8 Å². The molecule has 0 aromatic heterocycles. The lowest BCUT2D eigenvalue weighted by Crippen LogP contribution is -2.32. The van der Waals surface area contributed by atoms with Gasteiger partial charge in [-0.05, 0) is 43.0 Å². The smallest absolute Gasteiger partial charge is 0.0426 e. The number of anilines is 1. The highest BCUT2D eigenvalue weighted by Crippen LogP contribution is 2.41. The lowest BCUT2D eigenvalue weighted by molar-refractivity contribution is 0.491. The Hall–Kier alpha value is -0.730. The Morgan fingerprint density at radius 3 is 3.13 bits per heavy atom. The molecule has 2 atom stereocenters. The van der Waals surface area contributed by atoms with Crippen molar-refractivity contribution in [2.75, 3.05) is 18.0 Å². The van der Waals surface area contributed by atoms with E-state index in [-0.39, 0.29) is 0 Å². The predicted octanol–water partition coefficient (Wildman–Crippen LogP) is 2.05. The van der Waals surface area contributed by atoms with E-state index in [9.17, 15) is 0 Å². The van der Waals surface area contributed by atoms with Gasteiger partial charge in [0, 0.05) is 23.3 Å². The highest BCUT2D eigenvalue weighted by molar-refractivity contribution is 6.30. The molecule has 0 aliphatic carbocycles. The minimum atomic E-state index is 0.628. The zero-order chi connectivity index (χ0) is 10.4. The predicted molar refractivity (Wildman–Crippen MR) is 63.5 cm³/mol. The molecule has 0 radical (unpaired) electrons. The van der Waals surface area contributed by atoms with Crippen LogP contribution >= 0.6 is 11.6 Å². The van der Waals surface area contributed by atoms with Crippen LogP contribution in [0.1, 0.15) is 12.0 Å². The van der Waals surface area contributed by atoms with Crippen molar-refractivity contribution in [3.63, 3.8) is 0 Å². The van der Waals surface area contributed by atoms with Crippen LogP contribution in [0, 0.1) is 5.92 Å². The Bertz CT molecular complexity index is 391. The quantitative estimate of drug-likeness (QED) is 0.788. The molecule has 0 amide bonds. The first-order valence-corrected chi connectivity index (χ1v) is 5.92. The summed E-state index contributed by atoms with van der Waals surface area (Å²) < 4.78 is 0. The molecule has 2 nitrogen and oxygen atoms in total. The minimum Gasteiger partial charge on any atom is -0.368 e. The van der Waals surface area contributed by atoms with Gasteiger partial charge in [0.25, 0.3) is 0 Å². The van der Waals surface area contributed by atoms with Crippen molar-refractivity contribution in [3.8, 4) is 0 Å². The number of rotatable bonds is 1. The van der Waals surface area contributed by atoms with Crippen LogP contribution < -0.4 is 10.6 Å². The van der Waals surface area contributed by atoms with Gasteiger partial charge in [0.05, 0.1) is 0 Å². The van der Waals surface area contributed by atoms with Crippen LogP contribution in [0.15, 0.2) is 18.2 Å². The molecule has 0 spiro atoms. The molecule has 3 rings (SSSR count). The molecule has 2 aliphatic rings. The van der Waals surface area contributed by atoms with E-state index in [2.05, 4.69) is 17.0 Å². The van der Waals surface area contributed by atoms with E-state index in [0.717, 1.165) is 24.5 Å². The average Bonchev–Trinajstić information content (AvgIpc) is 2.76. The highest BCUT2D eigenvalue weighted by atomic mass is 35.5. The normalized spacial score (nSPS) is 28.0. The van der Waals surface area contributed by atoms with Gasteiger partial charge < -0.3 is 10.6 Å². The number of halogens is 1. The van der Waals surface area contributed by atoms with E-state index in [1.54, 1.807) is 0 Å². The van der Waals surface area contributed by atoms with Crippen LogP contribution in [0.2, 0.25) is 5.02 Å². The summed E-state index contributed by atoms with van der Waals surface area (Å²) in [5.74, 6) is 0.663. The number of hydrogen-bond acceptors (Lipinski definition) is 2. The maximum Gasteiger partial charge on any atom is 0.0426 e. The Balaban J connectivity index is 1.98. The Labute approximate surface area is 95.0 Å². The van der Waals surface area contributed by atoms with Gasteiger partial charge in [-0.2, -0.15) is 0 Å². The first-order valence-electron chi connectivity index (χ1n) is 5.54. The lowest BCUT2D eigenvalue weighted by atomic mass is 9.97. The second-order valence-electron chi connectivity index (χ2n) is 4.52. The van der Waals surface area contributed by atoms with E-state index in [1.807, 2.05) is 6.07 Å². The monoisotopic (exact) mass is 222 g/mol. The molecule has 1 aromatic carbocycles. The fraction of sp³-hybridized carbons (Fsp3) is 0.500. The molecule has 1 fully saturated rings. The molecule has 15 heavy (non-hydrogen) atoms. The molecule has 2 N–H and O–H groups in total. The van der Waals surface area contributed by atoms with Crippen molar-refractivity contribution in [2.45, 2.75) is 18.9 Å². The number of fused-ring (bicyclic) bond motifs is 3. The first-order chi connectivity index (χ1) is 7.29. The molecule has 0 saturated carbocycles. The van der Waals surface area contributed by atoms with Crippen LogP contribution in [-0.2, 0) is 6.42 Å². The standard InChI is InChI=1S/C12H15ClN2/c13-10-2-1-8-5-11-9(7-14)3-4-15(11)12(8)6-10/h1-2,6,9,11H,3-5,7,14H2. The third kappa shape index (κ3) is 1.35. The van der Waals surface area contributed by atoms with Crippen molar-refractivity contribution in [1.29, 1.82) is 0 Å². The molecule has 2 heterocycles. The summed E-state index contributed by atoms with van der Waals surface area (Å²) >= 11 is 6.03. The summed E-state index contributed by atoms with van der Waals surface area (Å²) in [5, 5.41) is 0.839. The van der Waals surface area contributed by atoms with Gasteiger partial charge in [-0.3, -0.25) is 0 Å². The third-order valence-corrected chi connectivity index (χ3v) is 4.01. The molecule has 0 bridgehead atoms. The van der Waals surface area contributed by atoms with Gasteiger partial charge in [0.2, 0.25) is 0 Å². The highest BCUT2D eigenvalue weighted by Gasteiger charge is 2.39. The van der Waals surface area contributed by atoms with Crippen molar-refractivity contribution in [1.82, 2.24) is 0 Å². The van der Waals surface area contributed by atoms with Crippen molar-refractivity contribution in [2.24, 2.45) is 11.7 Å². The maximum atomic E-state index is 6.03. The summed E-state index contributed by atoms with van der Waals surface area (Å²) in [5.41, 5.74) is 8.57.